The van der Waals surface area contributed by atoms with Crippen LogP contribution in [0.2, 0.25) is 0 Å². The van der Waals surface area contributed by atoms with Crippen molar-refractivity contribution >= 4 is 22.4 Å². The molecule has 172 valence electrons. The third-order valence-electron chi connectivity index (χ3n) is 5.15. The molecule has 32 heavy (non-hydrogen) atoms. The molecule has 1 N–H and O–H groups in total. The Kier molecular flexibility index (Phi) is 10.2. The van der Waals surface area contributed by atoms with E-state index in [2.05, 4.69) is 23.2 Å². The van der Waals surface area contributed by atoms with E-state index >= 15 is 0 Å². The lowest BCUT2D eigenvalue weighted by atomic mass is 10.0. The molecule has 2 atom stereocenters. The fraction of sp³-hybridized carbons (Fsp3) is 0.385. The van der Waals surface area contributed by atoms with Gasteiger partial charge in [0.1, 0.15) is 11.0 Å². The molecule has 0 saturated carbocycles. The first-order valence-electron chi connectivity index (χ1n) is 10.8. The summed E-state index contributed by atoms with van der Waals surface area (Å²) in [4.78, 5) is 9.97. The van der Waals surface area contributed by atoms with E-state index in [1.54, 1.807) is 19.4 Å². The number of aromatic nitrogens is 1. The Morgan fingerprint density at radius 2 is 2.03 bits per heavy atom. The zero-order valence-corrected chi connectivity index (χ0v) is 20.9. The van der Waals surface area contributed by atoms with Gasteiger partial charge in [0.15, 0.2) is 0 Å². The number of ether oxygens (including phenoxy) is 1. The first-order chi connectivity index (χ1) is 15.3. The van der Waals surface area contributed by atoms with E-state index in [1.165, 1.54) is 0 Å². The van der Waals surface area contributed by atoms with Crippen LogP contribution >= 0.6 is 0 Å². The molecular weight excluding hydrogens is 418 g/mol. The summed E-state index contributed by atoms with van der Waals surface area (Å²) in [5.74, 6) is 0.373. The molecule has 0 spiro atoms. The van der Waals surface area contributed by atoms with Crippen LogP contribution in [0.25, 0.3) is 5.70 Å². The Labute approximate surface area is 195 Å². The van der Waals surface area contributed by atoms with Gasteiger partial charge in [0.25, 0.3) is 0 Å². The monoisotopic (exact) mass is 453 g/mol. The Balaban J connectivity index is 2.35. The van der Waals surface area contributed by atoms with Crippen LogP contribution in [-0.4, -0.2) is 35.2 Å². The molecule has 0 amide bonds. The van der Waals surface area contributed by atoms with Crippen molar-refractivity contribution in [2.24, 2.45) is 10.9 Å². The van der Waals surface area contributed by atoms with Crippen LogP contribution < -0.4 is 4.72 Å². The maximum absolute atomic E-state index is 12.9. The summed E-state index contributed by atoms with van der Waals surface area (Å²) in [6.45, 7) is 15.6. The molecule has 6 heteroatoms. The van der Waals surface area contributed by atoms with Crippen molar-refractivity contribution in [2.75, 3.05) is 20.3 Å². The average Bonchev–Trinajstić information content (AvgIpc) is 2.77. The third kappa shape index (κ3) is 7.33. The predicted octanol–water partition coefficient (Wildman–Crippen LogP) is 5.41. The number of aliphatic imine (C=N–C) groups is 1. The van der Waals surface area contributed by atoms with Gasteiger partial charge in [-0.25, -0.2) is 13.9 Å². The van der Waals surface area contributed by atoms with Crippen molar-refractivity contribution in [1.82, 2.24) is 9.71 Å². The van der Waals surface area contributed by atoms with Gasteiger partial charge < -0.3 is 4.74 Å². The first-order valence-corrected chi connectivity index (χ1v) is 12.0. The first kappa shape index (κ1) is 25.8. The highest BCUT2D eigenvalue weighted by Crippen LogP contribution is 2.24. The standard InChI is InChI=1S/C26H35N3O2S/c1-8-25(29-26(18(2)3)22-11-13-27-21(6)15-22)24-16-23(10-9-20(24)5)32(30)28-17-19(4)12-14-31-7/h8-11,13,15-16,19,28H,1,12,14,17H2,2-7H3. The Bertz CT molecular complexity index is 1020. The molecule has 2 rings (SSSR count). The van der Waals surface area contributed by atoms with Gasteiger partial charge in [-0.3, -0.25) is 4.98 Å². The van der Waals surface area contributed by atoms with E-state index in [1.807, 2.05) is 58.0 Å². The van der Waals surface area contributed by atoms with Crippen molar-refractivity contribution in [3.05, 3.63) is 77.1 Å². The van der Waals surface area contributed by atoms with Crippen molar-refractivity contribution in [1.29, 1.82) is 0 Å². The van der Waals surface area contributed by atoms with Gasteiger partial charge in [0, 0.05) is 43.3 Å². The highest BCUT2D eigenvalue weighted by Gasteiger charge is 2.13. The molecule has 1 aromatic carbocycles. The lowest BCUT2D eigenvalue weighted by molar-refractivity contribution is 0.180. The molecule has 2 unspecified atom stereocenters. The molecule has 0 saturated heterocycles. The number of nitrogens with zero attached hydrogens (tertiary/aromatic N) is 2. The summed E-state index contributed by atoms with van der Waals surface area (Å²) < 4.78 is 21.1. The highest BCUT2D eigenvalue weighted by molar-refractivity contribution is 7.83. The van der Waals surface area contributed by atoms with E-state index in [0.29, 0.717) is 19.1 Å². The number of nitrogens with one attached hydrogen (secondary N) is 1. The predicted molar refractivity (Wildman–Crippen MR) is 135 cm³/mol. The fourth-order valence-corrected chi connectivity index (χ4v) is 4.23. The quantitative estimate of drug-likeness (QED) is 0.463. The average molecular weight is 454 g/mol. The zero-order valence-electron chi connectivity index (χ0n) is 20.1. The second kappa shape index (κ2) is 12.6. The molecule has 1 aromatic heterocycles. The topological polar surface area (TPSA) is 63.6 Å². The summed E-state index contributed by atoms with van der Waals surface area (Å²) in [7, 11) is 0.388. The maximum Gasteiger partial charge on any atom is 0.124 e. The lowest BCUT2D eigenvalue weighted by Crippen LogP contribution is -2.24. The van der Waals surface area contributed by atoms with Gasteiger partial charge >= 0.3 is 0 Å². The Morgan fingerprint density at radius 1 is 1.28 bits per heavy atom. The largest absolute Gasteiger partial charge is 0.385 e. The van der Waals surface area contributed by atoms with Crippen LogP contribution in [0.1, 0.15) is 49.6 Å². The molecule has 2 aromatic rings. The number of aryl methyl sites for hydroxylation is 2. The van der Waals surface area contributed by atoms with E-state index in [0.717, 1.165) is 50.7 Å². The van der Waals surface area contributed by atoms with Crippen LogP contribution in [0, 0.1) is 19.8 Å². The van der Waals surface area contributed by atoms with Crippen LogP contribution in [-0.2, 0) is 15.7 Å². The van der Waals surface area contributed by atoms with E-state index < -0.39 is 11.0 Å². The van der Waals surface area contributed by atoms with Gasteiger partial charge in [-0.2, -0.15) is 0 Å². The maximum atomic E-state index is 12.9. The third-order valence-corrected chi connectivity index (χ3v) is 6.26. The SMILES string of the molecule is C=CC(=NC(=C(C)C)c1ccnc(C)c1)c1cc(S(=O)NCC(C)CCOC)ccc1C. The van der Waals surface area contributed by atoms with Crippen LogP contribution in [0.15, 0.2) is 64.6 Å². The minimum absolute atomic E-state index is 0.373. The number of hydrogen-bond acceptors (Lipinski definition) is 4. The smallest absolute Gasteiger partial charge is 0.124 e. The highest BCUT2D eigenvalue weighted by atomic mass is 32.2. The molecule has 0 fully saturated rings. The number of rotatable bonds is 11. The van der Waals surface area contributed by atoms with Crippen LogP contribution in [0.3, 0.4) is 0 Å². The summed E-state index contributed by atoms with van der Waals surface area (Å²) in [5.41, 5.74) is 6.67. The molecular formula is C26H35N3O2S. The minimum atomic E-state index is -1.31. The summed E-state index contributed by atoms with van der Waals surface area (Å²) >= 11 is 0. The minimum Gasteiger partial charge on any atom is -0.385 e. The molecule has 0 aliphatic heterocycles. The van der Waals surface area contributed by atoms with E-state index in [-0.39, 0.29) is 0 Å². The van der Waals surface area contributed by atoms with Gasteiger partial charge in [0.2, 0.25) is 0 Å². The van der Waals surface area contributed by atoms with Gasteiger partial charge in [-0.05, 0) is 75.9 Å². The van der Waals surface area contributed by atoms with Crippen LogP contribution in [0.5, 0.6) is 0 Å². The molecule has 0 aliphatic carbocycles. The van der Waals surface area contributed by atoms with Gasteiger partial charge in [-0.1, -0.05) is 25.1 Å². The van der Waals surface area contributed by atoms with Crippen molar-refractivity contribution < 1.29 is 8.95 Å². The number of methoxy groups -OCH3 is 1. The van der Waals surface area contributed by atoms with E-state index in [4.69, 9.17) is 9.73 Å². The molecule has 1 heterocycles. The van der Waals surface area contributed by atoms with Crippen molar-refractivity contribution in [3.63, 3.8) is 0 Å². The molecule has 0 bridgehead atoms. The van der Waals surface area contributed by atoms with Crippen molar-refractivity contribution in [3.8, 4) is 0 Å². The summed E-state index contributed by atoms with van der Waals surface area (Å²) in [6, 6.07) is 9.82. The Morgan fingerprint density at radius 3 is 2.66 bits per heavy atom. The van der Waals surface area contributed by atoms with Gasteiger partial charge in [0.05, 0.1) is 16.3 Å². The molecule has 5 nitrogen and oxygen atoms in total. The fourth-order valence-electron chi connectivity index (χ4n) is 3.21. The number of hydrogen-bond donors (Lipinski definition) is 1. The lowest BCUT2D eigenvalue weighted by Gasteiger charge is -2.14. The second-order valence-corrected chi connectivity index (χ2v) is 9.51. The second-order valence-electron chi connectivity index (χ2n) is 8.22. The Hall–Kier alpha value is -2.41. The summed E-state index contributed by atoms with van der Waals surface area (Å²) in [5, 5.41) is 0. The van der Waals surface area contributed by atoms with E-state index in [9.17, 15) is 4.21 Å². The summed E-state index contributed by atoms with van der Waals surface area (Å²) in [6.07, 6.45) is 4.48. The number of benzene rings is 1. The van der Waals surface area contributed by atoms with Gasteiger partial charge in [-0.15, -0.1) is 0 Å². The normalized spacial score (nSPS) is 13.5. The molecule has 0 aliphatic rings. The van der Waals surface area contributed by atoms with Crippen molar-refractivity contribution in [2.45, 2.75) is 45.9 Å². The van der Waals surface area contributed by atoms with Crippen LogP contribution in [0.4, 0.5) is 0 Å². The molecule has 0 radical (unpaired) electrons. The zero-order chi connectivity index (χ0) is 23.7. The number of pyridine rings is 1. The number of allylic oxidation sites excluding steroid dienone is 2.